The van der Waals surface area contributed by atoms with E-state index >= 15 is 0 Å². The van der Waals surface area contributed by atoms with Gasteiger partial charge in [0, 0.05) is 23.2 Å². The Kier molecular flexibility index (Phi) is 4.61. The van der Waals surface area contributed by atoms with E-state index < -0.39 is 0 Å². The Bertz CT molecular complexity index is 566. The highest BCUT2D eigenvalue weighted by Gasteiger charge is 2.07. The molecule has 2 N–H and O–H groups in total. The maximum absolute atomic E-state index is 5.95. The molecule has 0 saturated carbocycles. The first-order valence-corrected chi connectivity index (χ1v) is 7.13. The Morgan fingerprint density at radius 3 is 2.37 bits per heavy atom. The van der Waals surface area contributed by atoms with Gasteiger partial charge in [-0.15, -0.1) is 0 Å². The van der Waals surface area contributed by atoms with E-state index in [-0.39, 0.29) is 0 Å². The van der Waals surface area contributed by atoms with Crippen LogP contribution in [0.3, 0.4) is 0 Å². The lowest BCUT2D eigenvalue weighted by Crippen LogP contribution is -2.18. The Hall–Kier alpha value is -1.32. The number of nitrogen functional groups attached to an aromatic ring is 1. The molecule has 2 rings (SSSR count). The van der Waals surface area contributed by atoms with Crippen molar-refractivity contribution in [1.29, 1.82) is 0 Å². The van der Waals surface area contributed by atoms with E-state index in [0.29, 0.717) is 0 Å². The van der Waals surface area contributed by atoms with Gasteiger partial charge in [0.1, 0.15) is 0 Å². The molecule has 3 heteroatoms. The SMILES string of the molecule is Cc1c(N)cccc1CN(C)Cc1ccccc1Br. The third-order valence-corrected chi connectivity index (χ3v) is 4.10. The van der Waals surface area contributed by atoms with Crippen molar-refractivity contribution in [2.45, 2.75) is 20.0 Å². The van der Waals surface area contributed by atoms with Crippen LogP contribution >= 0.6 is 15.9 Å². The predicted molar refractivity (Wildman–Crippen MR) is 84.9 cm³/mol. The third-order valence-electron chi connectivity index (χ3n) is 3.33. The first-order valence-electron chi connectivity index (χ1n) is 6.34. The first-order chi connectivity index (χ1) is 9.08. The normalized spacial score (nSPS) is 10.9. The summed E-state index contributed by atoms with van der Waals surface area (Å²) in [5, 5.41) is 0. The Morgan fingerprint density at radius 1 is 1.00 bits per heavy atom. The maximum atomic E-state index is 5.95. The van der Waals surface area contributed by atoms with Crippen molar-refractivity contribution in [1.82, 2.24) is 4.90 Å². The molecule has 0 aliphatic rings. The van der Waals surface area contributed by atoms with Crippen LogP contribution in [-0.2, 0) is 13.1 Å². The van der Waals surface area contributed by atoms with Crippen molar-refractivity contribution in [2.75, 3.05) is 12.8 Å². The van der Waals surface area contributed by atoms with Gasteiger partial charge in [-0.2, -0.15) is 0 Å². The minimum atomic E-state index is 0.867. The van der Waals surface area contributed by atoms with Crippen LogP contribution in [0.5, 0.6) is 0 Å². The number of rotatable bonds is 4. The quantitative estimate of drug-likeness (QED) is 0.864. The average molecular weight is 319 g/mol. The molecule has 0 radical (unpaired) electrons. The van der Waals surface area contributed by atoms with E-state index in [4.69, 9.17) is 5.73 Å². The Labute approximate surface area is 123 Å². The van der Waals surface area contributed by atoms with Gasteiger partial charge in [-0.3, -0.25) is 4.90 Å². The molecule has 2 aromatic carbocycles. The number of anilines is 1. The van der Waals surface area contributed by atoms with Crippen molar-refractivity contribution < 1.29 is 0 Å². The smallest absolute Gasteiger partial charge is 0.0346 e. The van der Waals surface area contributed by atoms with Crippen molar-refractivity contribution in [2.24, 2.45) is 0 Å². The number of nitrogens with two attached hydrogens (primary N) is 1. The summed E-state index contributed by atoms with van der Waals surface area (Å²) in [7, 11) is 2.13. The van der Waals surface area contributed by atoms with Crippen molar-refractivity contribution in [3.63, 3.8) is 0 Å². The molecule has 0 bridgehead atoms. The van der Waals surface area contributed by atoms with E-state index in [1.807, 2.05) is 18.2 Å². The van der Waals surface area contributed by atoms with Crippen LogP contribution in [0.4, 0.5) is 5.69 Å². The molecule has 0 saturated heterocycles. The average Bonchev–Trinajstić information content (AvgIpc) is 2.38. The lowest BCUT2D eigenvalue weighted by molar-refractivity contribution is 0.318. The summed E-state index contributed by atoms with van der Waals surface area (Å²) in [5.41, 5.74) is 10.6. The van der Waals surface area contributed by atoms with Gasteiger partial charge in [-0.1, -0.05) is 46.3 Å². The Balaban J connectivity index is 2.08. The molecule has 0 amide bonds. The van der Waals surface area contributed by atoms with Crippen LogP contribution in [0.1, 0.15) is 16.7 Å². The van der Waals surface area contributed by atoms with Gasteiger partial charge in [-0.25, -0.2) is 0 Å². The molecule has 0 spiro atoms. The summed E-state index contributed by atoms with van der Waals surface area (Å²) >= 11 is 3.59. The summed E-state index contributed by atoms with van der Waals surface area (Å²) in [6.45, 7) is 3.89. The number of hydrogen-bond acceptors (Lipinski definition) is 2. The standard InChI is InChI=1S/C16H19BrN2/c1-12-13(7-5-9-16(12)18)10-19(2)11-14-6-3-4-8-15(14)17/h3-9H,10-11,18H2,1-2H3. The molecule has 0 heterocycles. The number of benzene rings is 2. The van der Waals surface area contributed by atoms with Crippen molar-refractivity contribution in [3.05, 3.63) is 63.6 Å². The number of halogens is 1. The molecule has 0 aliphatic heterocycles. The highest BCUT2D eigenvalue weighted by atomic mass is 79.9. The molecule has 0 aliphatic carbocycles. The molecular formula is C16H19BrN2. The van der Waals surface area contributed by atoms with Crippen LogP contribution in [0.15, 0.2) is 46.9 Å². The van der Waals surface area contributed by atoms with Crippen LogP contribution in [0.25, 0.3) is 0 Å². The molecule has 0 fully saturated rings. The zero-order valence-electron chi connectivity index (χ0n) is 11.4. The molecule has 0 atom stereocenters. The van der Waals surface area contributed by atoms with Crippen LogP contribution in [0, 0.1) is 6.92 Å². The number of nitrogens with zero attached hydrogens (tertiary/aromatic N) is 1. The second-order valence-electron chi connectivity index (χ2n) is 4.90. The first kappa shape index (κ1) is 14.1. The molecule has 2 aromatic rings. The van der Waals surface area contributed by atoms with Gasteiger partial charge < -0.3 is 5.73 Å². The highest BCUT2D eigenvalue weighted by molar-refractivity contribution is 9.10. The topological polar surface area (TPSA) is 29.3 Å². The van der Waals surface area contributed by atoms with Crippen LogP contribution in [-0.4, -0.2) is 11.9 Å². The van der Waals surface area contributed by atoms with Gasteiger partial charge in [0.15, 0.2) is 0 Å². The second kappa shape index (κ2) is 6.22. The van der Waals surface area contributed by atoms with E-state index in [1.54, 1.807) is 0 Å². The van der Waals surface area contributed by atoms with E-state index in [9.17, 15) is 0 Å². The maximum Gasteiger partial charge on any atom is 0.0346 e. The minimum absolute atomic E-state index is 0.867. The fourth-order valence-electron chi connectivity index (χ4n) is 2.14. The molecular weight excluding hydrogens is 300 g/mol. The largest absolute Gasteiger partial charge is 0.399 e. The fourth-order valence-corrected chi connectivity index (χ4v) is 2.55. The zero-order chi connectivity index (χ0) is 13.8. The molecule has 100 valence electrons. The Morgan fingerprint density at radius 2 is 1.63 bits per heavy atom. The highest BCUT2D eigenvalue weighted by Crippen LogP contribution is 2.20. The predicted octanol–water partition coefficient (Wildman–Crippen LogP) is 3.97. The van der Waals surface area contributed by atoms with Gasteiger partial charge in [0.05, 0.1) is 0 Å². The van der Waals surface area contributed by atoms with E-state index in [0.717, 1.165) is 23.2 Å². The van der Waals surface area contributed by atoms with E-state index in [2.05, 4.69) is 59.1 Å². The lowest BCUT2D eigenvalue weighted by atomic mass is 10.1. The molecule has 19 heavy (non-hydrogen) atoms. The summed E-state index contributed by atoms with van der Waals surface area (Å²) in [6, 6.07) is 14.4. The van der Waals surface area contributed by atoms with Crippen molar-refractivity contribution in [3.8, 4) is 0 Å². The third kappa shape index (κ3) is 3.58. The minimum Gasteiger partial charge on any atom is -0.399 e. The fraction of sp³-hybridized carbons (Fsp3) is 0.250. The van der Waals surface area contributed by atoms with Gasteiger partial charge in [0.25, 0.3) is 0 Å². The summed E-state index contributed by atoms with van der Waals surface area (Å²) in [4.78, 5) is 2.29. The van der Waals surface area contributed by atoms with Gasteiger partial charge in [0.2, 0.25) is 0 Å². The zero-order valence-corrected chi connectivity index (χ0v) is 12.9. The summed E-state index contributed by atoms with van der Waals surface area (Å²) in [6.07, 6.45) is 0. The summed E-state index contributed by atoms with van der Waals surface area (Å²) in [5.74, 6) is 0. The second-order valence-corrected chi connectivity index (χ2v) is 5.75. The van der Waals surface area contributed by atoms with Gasteiger partial charge >= 0.3 is 0 Å². The molecule has 0 unspecified atom stereocenters. The number of hydrogen-bond donors (Lipinski definition) is 1. The van der Waals surface area contributed by atoms with Crippen LogP contribution < -0.4 is 5.73 Å². The van der Waals surface area contributed by atoms with Gasteiger partial charge in [-0.05, 0) is 42.8 Å². The van der Waals surface area contributed by atoms with Crippen molar-refractivity contribution >= 4 is 21.6 Å². The molecule has 2 nitrogen and oxygen atoms in total. The molecule has 0 aromatic heterocycles. The monoisotopic (exact) mass is 318 g/mol. The van der Waals surface area contributed by atoms with Crippen LogP contribution in [0.2, 0.25) is 0 Å². The van der Waals surface area contributed by atoms with E-state index in [1.165, 1.54) is 16.7 Å². The summed E-state index contributed by atoms with van der Waals surface area (Å²) < 4.78 is 1.16. The lowest BCUT2D eigenvalue weighted by Gasteiger charge is -2.19.